The normalized spacial score (nSPS) is 11.4. The van der Waals surface area contributed by atoms with Crippen LogP contribution in [0.1, 0.15) is 47.8 Å². The molecule has 0 radical (unpaired) electrons. The van der Waals surface area contributed by atoms with Crippen LogP contribution in [0.3, 0.4) is 0 Å². The fourth-order valence-electron chi connectivity index (χ4n) is 1.51. The third kappa shape index (κ3) is 3.09. The molecule has 0 N–H and O–H groups in total. The highest BCUT2D eigenvalue weighted by molar-refractivity contribution is 5.91. The van der Waals surface area contributed by atoms with Gasteiger partial charge < -0.3 is 4.74 Å². The van der Waals surface area contributed by atoms with Crippen molar-refractivity contribution >= 4 is 5.97 Å². The number of carbonyl (C=O) groups is 1. The van der Waals surface area contributed by atoms with E-state index in [-0.39, 0.29) is 5.97 Å². The Morgan fingerprint density at radius 2 is 1.50 bits per heavy atom. The van der Waals surface area contributed by atoms with Crippen molar-refractivity contribution in [2.24, 2.45) is 0 Å². The summed E-state index contributed by atoms with van der Waals surface area (Å²) < 4.78 is 5.36. The summed E-state index contributed by atoms with van der Waals surface area (Å²) in [5.74, 6) is -0.242. The lowest BCUT2D eigenvalue weighted by Crippen LogP contribution is -2.24. The fourth-order valence-corrected chi connectivity index (χ4v) is 1.51. The minimum Gasteiger partial charge on any atom is -0.456 e. The van der Waals surface area contributed by atoms with Gasteiger partial charge in [0.1, 0.15) is 5.60 Å². The van der Waals surface area contributed by atoms with Crippen LogP contribution in [0.2, 0.25) is 0 Å². The number of ether oxygens (including phenoxy) is 1. The Morgan fingerprint density at radius 1 is 1.00 bits per heavy atom. The van der Waals surface area contributed by atoms with Crippen molar-refractivity contribution in [2.75, 3.05) is 0 Å². The van der Waals surface area contributed by atoms with Crippen LogP contribution in [0.4, 0.5) is 0 Å². The summed E-state index contributed by atoms with van der Waals surface area (Å²) in [7, 11) is 0. The van der Waals surface area contributed by atoms with Crippen LogP contribution in [-0.2, 0) is 4.74 Å². The molecular formula is C14H20O2. The first-order chi connectivity index (χ1) is 7.20. The van der Waals surface area contributed by atoms with Crippen molar-refractivity contribution in [3.8, 4) is 0 Å². The van der Waals surface area contributed by atoms with Gasteiger partial charge in [0.2, 0.25) is 0 Å². The second-order valence-electron chi connectivity index (χ2n) is 5.25. The maximum absolute atomic E-state index is 11.9. The highest BCUT2D eigenvalue weighted by atomic mass is 16.6. The maximum Gasteiger partial charge on any atom is 0.338 e. The monoisotopic (exact) mass is 220 g/mol. The maximum atomic E-state index is 11.9. The van der Waals surface area contributed by atoms with Crippen LogP contribution < -0.4 is 0 Å². The molecule has 2 nitrogen and oxygen atoms in total. The molecule has 0 unspecified atom stereocenters. The molecule has 0 aliphatic carbocycles. The van der Waals surface area contributed by atoms with Crippen LogP contribution in [0, 0.1) is 20.8 Å². The Balaban J connectivity index is 3.05. The average molecular weight is 220 g/mol. The van der Waals surface area contributed by atoms with E-state index in [4.69, 9.17) is 4.74 Å². The van der Waals surface area contributed by atoms with Crippen LogP contribution in [0.25, 0.3) is 0 Å². The minimum atomic E-state index is -0.442. The molecule has 88 valence electrons. The van der Waals surface area contributed by atoms with E-state index in [1.165, 1.54) is 5.56 Å². The molecule has 1 aromatic carbocycles. The molecule has 0 amide bonds. The number of hydrogen-bond donors (Lipinski definition) is 0. The minimum absolute atomic E-state index is 0.242. The summed E-state index contributed by atoms with van der Waals surface area (Å²) >= 11 is 0. The van der Waals surface area contributed by atoms with E-state index in [0.717, 1.165) is 11.1 Å². The standard InChI is InChI=1S/C14H20O2/c1-9-7-11(3)12(8-10(9)2)13(15)16-14(4,5)6/h7-8H,1-6H3. The van der Waals surface area contributed by atoms with Crippen molar-refractivity contribution in [1.82, 2.24) is 0 Å². The molecule has 0 spiro atoms. The number of aryl methyl sites for hydroxylation is 3. The molecule has 0 saturated heterocycles. The summed E-state index contributed by atoms with van der Waals surface area (Å²) in [6.45, 7) is 11.6. The van der Waals surface area contributed by atoms with Crippen LogP contribution >= 0.6 is 0 Å². The smallest absolute Gasteiger partial charge is 0.338 e. The van der Waals surface area contributed by atoms with E-state index in [0.29, 0.717) is 5.56 Å². The molecular weight excluding hydrogens is 200 g/mol. The van der Waals surface area contributed by atoms with Gasteiger partial charge in [-0.25, -0.2) is 4.79 Å². The molecule has 0 bridgehead atoms. The summed E-state index contributed by atoms with van der Waals surface area (Å²) in [6, 6.07) is 3.92. The van der Waals surface area contributed by atoms with Gasteiger partial charge in [-0.2, -0.15) is 0 Å². The largest absolute Gasteiger partial charge is 0.456 e. The van der Waals surface area contributed by atoms with Gasteiger partial charge in [0.15, 0.2) is 0 Å². The Morgan fingerprint density at radius 3 is 2.00 bits per heavy atom. The highest BCUT2D eigenvalue weighted by Gasteiger charge is 2.19. The molecule has 1 aromatic rings. The van der Waals surface area contributed by atoms with Crippen molar-refractivity contribution in [3.05, 3.63) is 34.4 Å². The van der Waals surface area contributed by atoms with Gasteiger partial charge in [0.05, 0.1) is 5.56 Å². The fraction of sp³-hybridized carbons (Fsp3) is 0.500. The van der Waals surface area contributed by atoms with Crippen molar-refractivity contribution in [1.29, 1.82) is 0 Å². The van der Waals surface area contributed by atoms with Crippen LogP contribution in [0.5, 0.6) is 0 Å². The van der Waals surface area contributed by atoms with Gasteiger partial charge in [-0.05, 0) is 64.3 Å². The zero-order chi connectivity index (χ0) is 12.5. The molecule has 0 heterocycles. The number of carbonyl (C=O) groups excluding carboxylic acids is 1. The SMILES string of the molecule is Cc1cc(C)c(C(=O)OC(C)(C)C)cc1C. The topological polar surface area (TPSA) is 26.3 Å². The van der Waals surface area contributed by atoms with E-state index in [1.807, 2.05) is 53.7 Å². The van der Waals surface area contributed by atoms with Gasteiger partial charge in [0.25, 0.3) is 0 Å². The molecule has 16 heavy (non-hydrogen) atoms. The lowest BCUT2D eigenvalue weighted by atomic mass is 10.0. The molecule has 2 heteroatoms. The van der Waals surface area contributed by atoms with Gasteiger partial charge >= 0.3 is 5.97 Å². The van der Waals surface area contributed by atoms with Crippen molar-refractivity contribution in [2.45, 2.75) is 47.1 Å². The summed E-state index contributed by atoms with van der Waals surface area (Å²) in [5.41, 5.74) is 3.51. The summed E-state index contributed by atoms with van der Waals surface area (Å²) in [6.07, 6.45) is 0. The first-order valence-electron chi connectivity index (χ1n) is 5.52. The lowest BCUT2D eigenvalue weighted by Gasteiger charge is -2.20. The molecule has 0 aliphatic heterocycles. The Labute approximate surface area is 97.6 Å². The highest BCUT2D eigenvalue weighted by Crippen LogP contribution is 2.18. The second kappa shape index (κ2) is 4.28. The first kappa shape index (κ1) is 12.8. The molecule has 0 atom stereocenters. The second-order valence-corrected chi connectivity index (χ2v) is 5.25. The first-order valence-corrected chi connectivity index (χ1v) is 5.52. The van der Waals surface area contributed by atoms with E-state index in [1.54, 1.807) is 0 Å². The van der Waals surface area contributed by atoms with E-state index >= 15 is 0 Å². The van der Waals surface area contributed by atoms with Gasteiger partial charge in [-0.3, -0.25) is 0 Å². The molecule has 1 rings (SSSR count). The Bertz CT molecular complexity index is 411. The van der Waals surface area contributed by atoms with Gasteiger partial charge in [0, 0.05) is 0 Å². The number of esters is 1. The number of benzene rings is 1. The molecule has 0 aliphatic rings. The predicted octanol–water partition coefficient (Wildman–Crippen LogP) is 3.57. The van der Waals surface area contributed by atoms with Crippen LogP contribution in [-0.4, -0.2) is 11.6 Å². The Kier molecular flexibility index (Phi) is 3.41. The van der Waals surface area contributed by atoms with Crippen molar-refractivity contribution in [3.63, 3.8) is 0 Å². The van der Waals surface area contributed by atoms with Gasteiger partial charge in [-0.1, -0.05) is 6.07 Å². The average Bonchev–Trinajstić information content (AvgIpc) is 2.08. The van der Waals surface area contributed by atoms with Gasteiger partial charge in [-0.15, -0.1) is 0 Å². The molecule has 0 fully saturated rings. The number of hydrogen-bond acceptors (Lipinski definition) is 2. The van der Waals surface area contributed by atoms with Crippen molar-refractivity contribution < 1.29 is 9.53 Å². The summed E-state index contributed by atoms with van der Waals surface area (Å²) in [5, 5.41) is 0. The lowest BCUT2D eigenvalue weighted by molar-refractivity contribution is 0.00687. The zero-order valence-corrected chi connectivity index (χ0v) is 11.0. The molecule has 0 aromatic heterocycles. The predicted molar refractivity (Wildman–Crippen MR) is 65.8 cm³/mol. The summed E-state index contributed by atoms with van der Waals surface area (Å²) in [4.78, 5) is 11.9. The van der Waals surface area contributed by atoms with E-state index in [2.05, 4.69) is 0 Å². The number of rotatable bonds is 1. The third-order valence-electron chi connectivity index (χ3n) is 2.46. The zero-order valence-electron chi connectivity index (χ0n) is 11.0. The van der Waals surface area contributed by atoms with E-state index in [9.17, 15) is 4.79 Å². The van der Waals surface area contributed by atoms with E-state index < -0.39 is 5.60 Å². The quantitative estimate of drug-likeness (QED) is 0.676. The molecule has 0 saturated carbocycles. The third-order valence-corrected chi connectivity index (χ3v) is 2.46. The Hall–Kier alpha value is -1.31. The van der Waals surface area contributed by atoms with Crippen LogP contribution in [0.15, 0.2) is 12.1 Å².